The van der Waals surface area contributed by atoms with Crippen LogP contribution in [-0.4, -0.2) is 54.0 Å². The SMILES string of the molecule is NCCCCC(NC(=O)C(N)CC(=O)O)C(=O)NCC(N)=O. The number of primary amides is 1. The Morgan fingerprint density at radius 2 is 1.73 bits per heavy atom. The molecule has 3 amide bonds. The Morgan fingerprint density at radius 1 is 1.09 bits per heavy atom. The van der Waals surface area contributed by atoms with Crippen molar-refractivity contribution in [2.24, 2.45) is 17.2 Å². The average molecular weight is 317 g/mol. The van der Waals surface area contributed by atoms with Gasteiger partial charge in [0.05, 0.1) is 19.0 Å². The van der Waals surface area contributed by atoms with Crippen molar-refractivity contribution < 1.29 is 24.3 Å². The molecule has 0 rings (SSSR count). The first-order valence-electron chi connectivity index (χ1n) is 6.81. The van der Waals surface area contributed by atoms with Gasteiger partial charge in [0.25, 0.3) is 0 Å². The molecule has 0 aliphatic rings. The zero-order chi connectivity index (χ0) is 17.1. The van der Waals surface area contributed by atoms with Gasteiger partial charge in [-0.3, -0.25) is 19.2 Å². The highest BCUT2D eigenvalue weighted by Crippen LogP contribution is 2.02. The summed E-state index contributed by atoms with van der Waals surface area (Å²) in [6.45, 7) is 0.0748. The van der Waals surface area contributed by atoms with E-state index in [9.17, 15) is 19.2 Å². The van der Waals surface area contributed by atoms with Gasteiger partial charge in [0, 0.05) is 0 Å². The summed E-state index contributed by atoms with van der Waals surface area (Å²) in [5.41, 5.74) is 15.7. The fraction of sp³-hybridized carbons (Fsp3) is 0.667. The second kappa shape index (κ2) is 10.5. The van der Waals surface area contributed by atoms with Crippen LogP contribution < -0.4 is 27.8 Å². The van der Waals surface area contributed by atoms with Gasteiger partial charge in [-0.05, 0) is 25.8 Å². The molecule has 0 heterocycles. The number of unbranched alkanes of at least 4 members (excludes halogenated alkanes) is 1. The number of hydrogen-bond donors (Lipinski definition) is 6. The van der Waals surface area contributed by atoms with E-state index in [0.717, 1.165) is 0 Å². The van der Waals surface area contributed by atoms with E-state index < -0.39 is 42.2 Å². The largest absolute Gasteiger partial charge is 0.481 e. The standard InChI is InChI=1S/C12H23N5O5/c13-4-2-1-3-8(12(22)16-6-9(15)18)17-11(21)7(14)5-10(19)20/h7-8H,1-6,13-14H2,(H2,15,18)(H,16,22)(H,17,21)(H,19,20). The molecule has 0 saturated heterocycles. The van der Waals surface area contributed by atoms with Crippen molar-refractivity contribution in [3.05, 3.63) is 0 Å². The van der Waals surface area contributed by atoms with Crippen molar-refractivity contribution >= 4 is 23.7 Å². The van der Waals surface area contributed by atoms with Crippen molar-refractivity contribution in [3.8, 4) is 0 Å². The molecule has 0 spiro atoms. The van der Waals surface area contributed by atoms with Gasteiger partial charge >= 0.3 is 5.97 Å². The Morgan fingerprint density at radius 3 is 2.23 bits per heavy atom. The molecule has 2 unspecified atom stereocenters. The zero-order valence-electron chi connectivity index (χ0n) is 12.2. The van der Waals surface area contributed by atoms with E-state index in [0.29, 0.717) is 19.4 Å². The highest BCUT2D eigenvalue weighted by molar-refractivity contribution is 5.92. The van der Waals surface area contributed by atoms with Crippen LogP contribution in [0.2, 0.25) is 0 Å². The summed E-state index contributed by atoms with van der Waals surface area (Å²) in [5, 5.41) is 13.2. The first-order chi connectivity index (χ1) is 10.3. The van der Waals surface area contributed by atoms with E-state index in [2.05, 4.69) is 10.6 Å². The number of nitrogens with one attached hydrogen (secondary N) is 2. The van der Waals surface area contributed by atoms with Crippen molar-refractivity contribution in [1.82, 2.24) is 10.6 Å². The molecule has 2 atom stereocenters. The van der Waals surface area contributed by atoms with Gasteiger partial charge in [0.15, 0.2) is 0 Å². The van der Waals surface area contributed by atoms with Gasteiger partial charge in [-0.1, -0.05) is 0 Å². The van der Waals surface area contributed by atoms with Crippen LogP contribution in [0.5, 0.6) is 0 Å². The Labute approximate surface area is 127 Å². The van der Waals surface area contributed by atoms with E-state index >= 15 is 0 Å². The number of aliphatic carboxylic acids is 1. The van der Waals surface area contributed by atoms with Gasteiger partial charge in [0.1, 0.15) is 6.04 Å². The molecule has 0 aliphatic carbocycles. The van der Waals surface area contributed by atoms with Crippen LogP contribution in [0.3, 0.4) is 0 Å². The molecule has 0 aliphatic heterocycles. The third kappa shape index (κ3) is 8.87. The van der Waals surface area contributed by atoms with Crippen molar-refractivity contribution in [3.63, 3.8) is 0 Å². The highest BCUT2D eigenvalue weighted by atomic mass is 16.4. The Balaban J connectivity index is 4.62. The number of carbonyl (C=O) groups is 4. The molecule has 22 heavy (non-hydrogen) atoms. The molecule has 0 radical (unpaired) electrons. The van der Waals surface area contributed by atoms with Crippen molar-refractivity contribution in [2.45, 2.75) is 37.8 Å². The van der Waals surface area contributed by atoms with Crippen molar-refractivity contribution in [2.75, 3.05) is 13.1 Å². The van der Waals surface area contributed by atoms with Gasteiger partial charge in [-0.15, -0.1) is 0 Å². The smallest absolute Gasteiger partial charge is 0.305 e. The van der Waals surface area contributed by atoms with E-state index in [1.165, 1.54) is 0 Å². The molecule has 0 aromatic heterocycles. The van der Waals surface area contributed by atoms with E-state index in [-0.39, 0.29) is 13.0 Å². The van der Waals surface area contributed by atoms with Crippen LogP contribution in [-0.2, 0) is 19.2 Å². The third-order valence-electron chi connectivity index (χ3n) is 2.75. The highest BCUT2D eigenvalue weighted by Gasteiger charge is 2.24. The molecule has 0 bridgehead atoms. The van der Waals surface area contributed by atoms with Crippen LogP contribution in [0, 0.1) is 0 Å². The molecule has 0 saturated carbocycles. The zero-order valence-corrected chi connectivity index (χ0v) is 12.2. The van der Waals surface area contributed by atoms with Crippen LogP contribution in [0.15, 0.2) is 0 Å². The number of nitrogens with two attached hydrogens (primary N) is 3. The van der Waals surface area contributed by atoms with Crippen LogP contribution in [0.1, 0.15) is 25.7 Å². The number of amides is 3. The second-order valence-electron chi connectivity index (χ2n) is 4.73. The maximum absolute atomic E-state index is 11.9. The lowest BCUT2D eigenvalue weighted by molar-refractivity contribution is -0.139. The molecule has 0 aromatic carbocycles. The first kappa shape index (κ1) is 19.8. The molecule has 0 aromatic rings. The van der Waals surface area contributed by atoms with Gasteiger partial charge in [-0.25, -0.2) is 0 Å². The summed E-state index contributed by atoms with van der Waals surface area (Å²) in [4.78, 5) is 44.8. The lowest BCUT2D eigenvalue weighted by Gasteiger charge is -2.20. The predicted molar refractivity (Wildman–Crippen MR) is 77.3 cm³/mol. The second-order valence-corrected chi connectivity index (χ2v) is 4.73. The maximum atomic E-state index is 11.9. The normalized spacial score (nSPS) is 13.0. The van der Waals surface area contributed by atoms with E-state index in [1.807, 2.05) is 0 Å². The molecule has 126 valence electrons. The van der Waals surface area contributed by atoms with Gasteiger partial charge in [0.2, 0.25) is 17.7 Å². The van der Waals surface area contributed by atoms with Gasteiger partial charge in [-0.2, -0.15) is 0 Å². The molecule has 10 nitrogen and oxygen atoms in total. The Bertz CT molecular complexity index is 415. The lowest BCUT2D eigenvalue weighted by Crippen LogP contribution is -2.52. The van der Waals surface area contributed by atoms with Gasteiger partial charge < -0.3 is 32.9 Å². The number of rotatable bonds is 11. The summed E-state index contributed by atoms with van der Waals surface area (Å²) < 4.78 is 0. The fourth-order valence-electron chi connectivity index (χ4n) is 1.62. The first-order valence-corrected chi connectivity index (χ1v) is 6.81. The number of carboxylic acids is 1. The summed E-state index contributed by atoms with van der Waals surface area (Å²) in [6.07, 6.45) is 0.952. The average Bonchev–Trinajstić information content (AvgIpc) is 2.42. The molecule has 0 fully saturated rings. The third-order valence-corrected chi connectivity index (χ3v) is 2.75. The minimum atomic E-state index is -1.27. The molecule has 9 N–H and O–H groups in total. The monoisotopic (exact) mass is 317 g/mol. The molecule has 10 heteroatoms. The number of carboxylic acid groups (broad SMARTS) is 1. The fourth-order valence-corrected chi connectivity index (χ4v) is 1.62. The Hall–Kier alpha value is -2.20. The molecular weight excluding hydrogens is 294 g/mol. The maximum Gasteiger partial charge on any atom is 0.305 e. The van der Waals surface area contributed by atoms with Crippen LogP contribution in [0.4, 0.5) is 0 Å². The van der Waals surface area contributed by atoms with E-state index in [4.69, 9.17) is 22.3 Å². The number of carbonyl (C=O) groups excluding carboxylic acids is 3. The quantitative estimate of drug-likeness (QED) is 0.219. The predicted octanol–water partition coefficient (Wildman–Crippen LogP) is -3.00. The summed E-state index contributed by atoms with van der Waals surface area (Å²) >= 11 is 0. The van der Waals surface area contributed by atoms with Crippen LogP contribution in [0.25, 0.3) is 0 Å². The molecular formula is C12H23N5O5. The van der Waals surface area contributed by atoms with Crippen LogP contribution >= 0.6 is 0 Å². The van der Waals surface area contributed by atoms with E-state index in [1.54, 1.807) is 0 Å². The lowest BCUT2D eigenvalue weighted by atomic mass is 10.1. The van der Waals surface area contributed by atoms with Crippen molar-refractivity contribution in [1.29, 1.82) is 0 Å². The summed E-state index contributed by atoms with van der Waals surface area (Å²) in [7, 11) is 0. The topological polar surface area (TPSA) is 191 Å². The Kier molecular flexibility index (Phi) is 9.46. The minimum absolute atomic E-state index is 0.285. The minimum Gasteiger partial charge on any atom is -0.481 e. The summed E-state index contributed by atoms with van der Waals surface area (Å²) in [5.74, 6) is -3.29. The summed E-state index contributed by atoms with van der Waals surface area (Å²) in [6, 6.07) is -2.20. The number of hydrogen-bond acceptors (Lipinski definition) is 6.